The molecule has 0 bridgehead atoms. The Bertz CT molecular complexity index is 7750. The van der Waals surface area contributed by atoms with Crippen LogP contribution in [0.3, 0.4) is 0 Å². The van der Waals surface area contributed by atoms with E-state index in [0.29, 0.717) is 0 Å². The summed E-state index contributed by atoms with van der Waals surface area (Å²) in [5.74, 6) is 0. The molecule has 8 heteroatoms. The Morgan fingerprint density at radius 1 is 0.265 bits per heavy atom. The van der Waals surface area contributed by atoms with Gasteiger partial charge in [0, 0.05) is 128 Å². The van der Waals surface area contributed by atoms with Crippen molar-refractivity contribution in [3.05, 3.63) is 435 Å². The van der Waals surface area contributed by atoms with Crippen molar-refractivity contribution < 1.29 is 4.42 Å². The van der Waals surface area contributed by atoms with Gasteiger partial charge in [0.25, 0.3) is 0 Å². The van der Waals surface area contributed by atoms with E-state index >= 15 is 0 Å². The van der Waals surface area contributed by atoms with Crippen molar-refractivity contribution in [1.82, 2.24) is 4.57 Å². The van der Waals surface area contributed by atoms with Crippen LogP contribution in [-0.2, 0) is 5.41 Å². The zero-order chi connectivity index (χ0) is 76.8. The minimum atomic E-state index is -0.820. The number of fused-ring (bicyclic) bond motifs is 21. The summed E-state index contributed by atoms with van der Waals surface area (Å²) in [6.45, 7) is 0. The van der Waals surface area contributed by atoms with Gasteiger partial charge in [-0.3, -0.25) is 0 Å². The highest BCUT2D eigenvalue weighted by Gasteiger charge is 2.51. The van der Waals surface area contributed by atoms with Gasteiger partial charge in [0.1, 0.15) is 11.2 Å². The number of rotatable bonds is 13. The molecule has 1 aliphatic carbocycles. The SMILES string of the molecule is c1ccc(-c2ccc(N(c3ccccc3)c3ccc4c(c3)Sc3ccccc3C43c4ccc(N(c5ccccc5)c5cc(-c6ccccc6)c6sc7ccccc7c6c5)cc4-c4cc(N(c5ccc6c(c5)c5ccccc5n6-c5ccccc5)c5ccc6sc7ccccc7c6c5-c5ccccc5)ccc43)c3c2oc2ccccc23)cc1. The fourth-order valence-electron chi connectivity index (χ4n) is 19.3. The molecule has 5 nitrogen and oxygen atoms in total. The summed E-state index contributed by atoms with van der Waals surface area (Å²) >= 11 is 5.61. The molecule has 18 aromatic carbocycles. The number of nitrogens with zero attached hydrogens (tertiary/aromatic N) is 4. The van der Waals surface area contributed by atoms with Gasteiger partial charge in [-0.05, 0) is 208 Å². The molecular formula is C109H68N4OS3. The lowest BCUT2D eigenvalue weighted by Crippen LogP contribution is -2.32. The first-order valence-corrected chi connectivity index (χ1v) is 42.3. The Hall–Kier alpha value is -14.3. The van der Waals surface area contributed by atoms with Crippen LogP contribution in [0.2, 0.25) is 0 Å². The number of para-hydroxylation sites is 5. The number of hydrogen-bond donors (Lipinski definition) is 0. The Kier molecular flexibility index (Phi) is 15.5. The molecule has 548 valence electrons. The fraction of sp³-hybridized carbons (Fsp3) is 0.00917. The molecule has 0 N–H and O–H groups in total. The number of benzene rings is 18. The maximum Gasteiger partial charge on any atom is 0.145 e. The lowest BCUT2D eigenvalue weighted by Gasteiger charge is -2.40. The highest BCUT2D eigenvalue weighted by Crippen LogP contribution is 2.65. The average Bonchev–Trinajstić information content (AvgIpc) is 1.53. The zero-order valence-electron chi connectivity index (χ0n) is 63.2. The molecule has 22 aromatic rings. The smallest absolute Gasteiger partial charge is 0.145 e. The van der Waals surface area contributed by atoms with E-state index in [2.05, 4.69) is 432 Å². The zero-order valence-corrected chi connectivity index (χ0v) is 65.6. The predicted molar refractivity (Wildman–Crippen MR) is 496 cm³/mol. The lowest BCUT2D eigenvalue weighted by molar-refractivity contribution is 0.670. The van der Waals surface area contributed by atoms with Crippen LogP contribution >= 0.6 is 34.4 Å². The molecule has 1 spiro atoms. The summed E-state index contributed by atoms with van der Waals surface area (Å²) < 4.78 is 14.5. The fourth-order valence-corrected chi connectivity index (χ4v) is 22.8. The number of hydrogen-bond acceptors (Lipinski definition) is 7. The average molecular weight is 1550 g/mol. The van der Waals surface area contributed by atoms with Crippen molar-refractivity contribution in [2.45, 2.75) is 15.2 Å². The molecule has 117 heavy (non-hydrogen) atoms. The first-order valence-electron chi connectivity index (χ1n) is 39.8. The standard InChI is InChI=1S/C109H68N4OS3/c1-7-29-69(30-8-1)80-55-60-97(105-83-43-20-25-47-98(83)114-107(80)105)111(73-37-15-5-16-38-73)78-53-58-93-103(68-78)116-101-50-28-23-45-92(101)109(93)90-56-51-75(110(72-35-13-4-14-36-72)79-66-85(70-31-9-2-10-32-70)108-89(67-79)82-42-21-26-48-99(82)117-108)63-86(90)87-64-76(52-57-91(87)109)112(77-54-59-95-88(65-77)81-41-19-24-46-94(81)113(95)74-39-17-6-18-40-74)96-61-62-102-106(84-44-22-27-49-100(84)115-102)104(96)71-33-11-3-12-34-71/h1-68H. The summed E-state index contributed by atoms with van der Waals surface area (Å²) in [6, 6.07) is 154. The van der Waals surface area contributed by atoms with Crippen molar-refractivity contribution in [3.8, 4) is 50.2 Å². The Morgan fingerprint density at radius 3 is 1.48 bits per heavy atom. The van der Waals surface area contributed by atoms with E-state index in [1.807, 2.05) is 34.4 Å². The van der Waals surface area contributed by atoms with Crippen LogP contribution in [0.1, 0.15) is 22.3 Å². The van der Waals surface area contributed by atoms with Gasteiger partial charge in [-0.2, -0.15) is 0 Å². The normalized spacial score (nSPS) is 13.5. The quantitative estimate of drug-likeness (QED) is 0.115. The van der Waals surface area contributed by atoms with E-state index in [1.54, 1.807) is 0 Å². The van der Waals surface area contributed by atoms with Gasteiger partial charge in [-0.25, -0.2) is 0 Å². The molecule has 0 amide bonds. The molecule has 0 saturated heterocycles. The molecule has 2 aliphatic rings. The number of furan rings is 1. The monoisotopic (exact) mass is 1540 g/mol. The maximum absolute atomic E-state index is 7.03. The predicted octanol–water partition coefficient (Wildman–Crippen LogP) is 31.7. The van der Waals surface area contributed by atoms with Crippen molar-refractivity contribution in [2.75, 3.05) is 14.7 Å². The van der Waals surface area contributed by atoms with Gasteiger partial charge in [0.05, 0.1) is 33.2 Å². The van der Waals surface area contributed by atoms with E-state index in [0.717, 1.165) is 118 Å². The summed E-state index contributed by atoms with van der Waals surface area (Å²) in [7, 11) is 0. The van der Waals surface area contributed by atoms with Crippen LogP contribution in [0, 0.1) is 0 Å². The summed E-state index contributed by atoms with van der Waals surface area (Å²) in [5, 5.41) is 9.46. The second-order valence-corrected chi connectivity index (χ2v) is 33.7. The van der Waals surface area contributed by atoms with Gasteiger partial charge >= 0.3 is 0 Å². The highest BCUT2D eigenvalue weighted by molar-refractivity contribution is 7.99. The van der Waals surface area contributed by atoms with Crippen molar-refractivity contribution >= 4 is 170 Å². The van der Waals surface area contributed by atoms with Gasteiger partial charge < -0.3 is 23.7 Å². The van der Waals surface area contributed by atoms with Crippen molar-refractivity contribution in [3.63, 3.8) is 0 Å². The second kappa shape index (κ2) is 27.0. The molecule has 1 unspecified atom stereocenters. The number of anilines is 9. The van der Waals surface area contributed by atoms with Crippen LogP contribution in [0.4, 0.5) is 51.2 Å². The van der Waals surface area contributed by atoms with E-state index < -0.39 is 5.41 Å². The molecule has 0 radical (unpaired) electrons. The summed E-state index contributed by atoms with van der Waals surface area (Å²) in [5.41, 5.74) is 27.9. The van der Waals surface area contributed by atoms with E-state index in [-0.39, 0.29) is 0 Å². The van der Waals surface area contributed by atoms with Gasteiger partial charge in [0.2, 0.25) is 0 Å². The van der Waals surface area contributed by atoms with E-state index in [9.17, 15) is 0 Å². The summed E-state index contributed by atoms with van der Waals surface area (Å²) in [4.78, 5) is 9.92. The van der Waals surface area contributed by atoms with Gasteiger partial charge in [-0.15, -0.1) is 22.7 Å². The Morgan fingerprint density at radius 2 is 0.761 bits per heavy atom. The molecule has 4 aromatic heterocycles. The van der Waals surface area contributed by atoms with E-state index in [4.69, 9.17) is 4.42 Å². The van der Waals surface area contributed by atoms with Crippen LogP contribution < -0.4 is 14.7 Å². The molecule has 1 atom stereocenters. The third-order valence-corrected chi connectivity index (χ3v) is 27.7. The lowest BCUT2D eigenvalue weighted by atomic mass is 9.67. The van der Waals surface area contributed by atoms with Crippen LogP contribution in [0.5, 0.6) is 0 Å². The van der Waals surface area contributed by atoms with Crippen LogP contribution in [-0.4, -0.2) is 4.57 Å². The van der Waals surface area contributed by atoms with Crippen LogP contribution in [0.15, 0.2) is 427 Å². The Labute approximate surface area is 688 Å². The third-order valence-electron chi connectivity index (χ3n) is 24.2. The first-order chi connectivity index (χ1) is 58.0. The number of thiophene rings is 2. The van der Waals surface area contributed by atoms with Gasteiger partial charge in [0.15, 0.2) is 0 Å². The van der Waals surface area contributed by atoms with Gasteiger partial charge in [-0.1, -0.05) is 267 Å². The third kappa shape index (κ3) is 10.5. The molecule has 0 saturated carbocycles. The maximum atomic E-state index is 7.03. The molecule has 5 heterocycles. The van der Waals surface area contributed by atoms with Crippen molar-refractivity contribution in [2.24, 2.45) is 0 Å². The molecule has 1 aliphatic heterocycles. The molecule has 0 fully saturated rings. The van der Waals surface area contributed by atoms with Crippen LogP contribution in [0.25, 0.3) is 134 Å². The minimum Gasteiger partial charge on any atom is -0.455 e. The topological polar surface area (TPSA) is 27.8 Å². The summed E-state index contributed by atoms with van der Waals surface area (Å²) in [6.07, 6.45) is 0. The van der Waals surface area contributed by atoms with Crippen molar-refractivity contribution in [1.29, 1.82) is 0 Å². The first kappa shape index (κ1) is 67.3. The molecular weight excluding hydrogens is 1480 g/mol. The second-order valence-electron chi connectivity index (χ2n) is 30.5. The Balaban J connectivity index is 0.782. The highest BCUT2D eigenvalue weighted by atomic mass is 32.2. The molecule has 24 rings (SSSR count). The minimum absolute atomic E-state index is 0.820. The van der Waals surface area contributed by atoms with E-state index in [1.165, 1.54) is 99.9 Å². The largest absolute Gasteiger partial charge is 0.455 e. The number of aromatic nitrogens is 1.